The Hall–Kier alpha value is -0.693. The summed E-state index contributed by atoms with van der Waals surface area (Å²) in [6, 6.07) is 7.48. The molecule has 0 unspecified atom stereocenters. The summed E-state index contributed by atoms with van der Waals surface area (Å²) in [7, 11) is -5.31. The summed E-state index contributed by atoms with van der Waals surface area (Å²) in [5.41, 5.74) is -5.45. The van der Waals surface area contributed by atoms with Crippen molar-refractivity contribution < 1.29 is 48.9 Å². The van der Waals surface area contributed by atoms with Gasteiger partial charge >= 0.3 is 34.4 Å². The zero-order valence-corrected chi connectivity index (χ0v) is 10.6. The van der Waals surface area contributed by atoms with Gasteiger partial charge in [-0.25, -0.2) is 0 Å². The van der Waals surface area contributed by atoms with E-state index in [2.05, 4.69) is 6.07 Å². The van der Waals surface area contributed by atoms with Gasteiger partial charge in [0.25, 0.3) is 0 Å². The van der Waals surface area contributed by atoms with E-state index in [1.165, 1.54) is 29.0 Å². The van der Waals surface area contributed by atoms with Crippen molar-refractivity contribution in [2.75, 3.05) is 4.72 Å². The summed E-state index contributed by atoms with van der Waals surface area (Å²) in [6.07, 6.45) is 0. The van der Waals surface area contributed by atoms with E-state index in [1.54, 1.807) is 0 Å². The SMILES string of the molecule is O=S(=O)(Nc1cc[c]cc1)C(F)(F)F.O=[SH-]=O.[Li+]. The third kappa shape index (κ3) is 6.90. The Balaban J connectivity index is 0. The molecule has 0 aliphatic carbocycles. The van der Waals surface area contributed by atoms with Crippen LogP contribution in [0.2, 0.25) is 0 Å². The van der Waals surface area contributed by atoms with Gasteiger partial charge in [-0.2, -0.15) is 21.6 Å². The minimum absolute atomic E-state index is 0. The van der Waals surface area contributed by atoms with Crippen LogP contribution in [0.25, 0.3) is 0 Å². The minimum atomic E-state index is -5.31. The molecule has 5 nitrogen and oxygen atoms in total. The van der Waals surface area contributed by atoms with Crippen LogP contribution >= 0.6 is 0 Å². The van der Waals surface area contributed by atoms with Crippen molar-refractivity contribution in [3.63, 3.8) is 0 Å². The second-order valence-electron chi connectivity index (χ2n) is 2.41. The number of thiol groups is 1. The van der Waals surface area contributed by atoms with Crippen molar-refractivity contribution in [1.82, 2.24) is 0 Å². The summed E-state index contributed by atoms with van der Waals surface area (Å²) >= 11 is -1.08. The quantitative estimate of drug-likeness (QED) is 0.398. The summed E-state index contributed by atoms with van der Waals surface area (Å²) in [5.74, 6) is 0. The third-order valence-electron chi connectivity index (χ3n) is 1.28. The summed E-state index contributed by atoms with van der Waals surface area (Å²) < 4.78 is 74.8. The second-order valence-corrected chi connectivity index (χ2v) is 4.24. The van der Waals surface area contributed by atoms with Crippen molar-refractivity contribution >= 4 is 27.3 Å². The molecule has 11 heteroatoms. The largest absolute Gasteiger partial charge is 1.00 e. The van der Waals surface area contributed by atoms with E-state index in [0.29, 0.717) is 0 Å². The van der Waals surface area contributed by atoms with Crippen LogP contribution in [-0.2, 0) is 30.0 Å². The van der Waals surface area contributed by atoms with Gasteiger partial charge in [-0.3, -0.25) is 4.72 Å². The van der Waals surface area contributed by atoms with Crippen LogP contribution in [-0.4, -0.2) is 13.9 Å². The fourth-order valence-electron chi connectivity index (χ4n) is 0.668. The van der Waals surface area contributed by atoms with Gasteiger partial charge in [0.1, 0.15) is 0 Å². The van der Waals surface area contributed by atoms with Crippen LogP contribution in [0.1, 0.15) is 0 Å². The minimum Gasteiger partial charge on any atom is -0.427 e. The van der Waals surface area contributed by atoms with Gasteiger partial charge < -0.3 is 8.42 Å². The zero-order valence-electron chi connectivity index (χ0n) is 8.93. The van der Waals surface area contributed by atoms with Gasteiger partial charge in [-0.1, -0.05) is 23.7 Å². The van der Waals surface area contributed by atoms with E-state index >= 15 is 0 Å². The Kier molecular flexibility index (Phi) is 9.18. The van der Waals surface area contributed by atoms with Crippen LogP contribution in [0.3, 0.4) is 0 Å². The predicted octanol–water partition coefficient (Wildman–Crippen LogP) is -1.76. The number of halogens is 3. The van der Waals surface area contributed by atoms with Crippen molar-refractivity contribution in [3.8, 4) is 0 Å². The number of anilines is 1. The standard InChI is InChI=1S/C7H5F3NO2S.Li.HO2S/c8-7(9,10)14(12,13)11-6-4-2-1-3-5-6;;1-3-2/h2-5,11H;;3H/q;+1;-1. The molecular formula is C7H6F3LiNO4S2. The Labute approximate surface area is 117 Å². The molecule has 0 aliphatic heterocycles. The second kappa shape index (κ2) is 8.42. The van der Waals surface area contributed by atoms with Crippen LogP contribution < -0.4 is 23.6 Å². The fourth-order valence-corrected chi connectivity index (χ4v) is 1.23. The van der Waals surface area contributed by atoms with Gasteiger partial charge in [0, 0.05) is 5.69 Å². The normalized spacial score (nSPS) is 10.6. The number of benzene rings is 1. The maximum Gasteiger partial charge on any atom is 1.00 e. The molecule has 0 saturated heterocycles. The monoisotopic (exact) mass is 296 g/mol. The van der Waals surface area contributed by atoms with Crippen molar-refractivity contribution in [3.05, 3.63) is 30.3 Å². The number of hydrogen-bond acceptors (Lipinski definition) is 5. The topological polar surface area (TPSA) is 80.3 Å². The van der Waals surface area contributed by atoms with E-state index in [1.807, 2.05) is 0 Å². The smallest absolute Gasteiger partial charge is 0.427 e. The first-order valence-corrected chi connectivity index (χ1v) is 5.96. The first-order chi connectivity index (χ1) is 7.74. The van der Waals surface area contributed by atoms with Gasteiger partial charge in [-0.15, -0.1) is 0 Å². The predicted molar refractivity (Wildman–Crippen MR) is 54.0 cm³/mol. The van der Waals surface area contributed by atoms with E-state index < -0.39 is 27.1 Å². The molecule has 0 saturated carbocycles. The van der Waals surface area contributed by atoms with E-state index in [0.717, 1.165) is 0 Å². The fraction of sp³-hybridized carbons (Fsp3) is 0.143. The first kappa shape index (κ1) is 19.6. The van der Waals surface area contributed by atoms with Gasteiger partial charge in [0.05, 0.1) is 0 Å². The number of rotatable bonds is 2. The van der Waals surface area contributed by atoms with Crippen LogP contribution in [0, 0.1) is 6.07 Å². The average Bonchev–Trinajstić information content (AvgIpc) is 2.17. The number of alkyl halides is 3. The van der Waals surface area contributed by atoms with Crippen LogP contribution in [0.15, 0.2) is 24.3 Å². The van der Waals surface area contributed by atoms with Gasteiger partial charge in [0.15, 0.2) is 0 Å². The molecule has 0 aromatic heterocycles. The molecule has 1 radical (unpaired) electrons. The molecule has 0 aliphatic rings. The molecule has 0 bridgehead atoms. The van der Waals surface area contributed by atoms with Crippen LogP contribution in [0.4, 0.5) is 18.9 Å². The Bertz CT molecular complexity index is 485. The summed E-state index contributed by atoms with van der Waals surface area (Å²) in [6.45, 7) is 0. The molecule has 0 atom stereocenters. The molecule has 1 aromatic carbocycles. The summed E-state index contributed by atoms with van der Waals surface area (Å²) in [4.78, 5) is 0. The molecule has 18 heavy (non-hydrogen) atoms. The molecule has 0 heterocycles. The van der Waals surface area contributed by atoms with E-state index in [-0.39, 0.29) is 24.5 Å². The number of hydrogen-bond donors (Lipinski definition) is 1. The number of nitrogens with one attached hydrogen (secondary N) is 1. The van der Waals surface area contributed by atoms with Crippen LogP contribution in [0.5, 0.6) is 0 Å². The van der Waals surface area contributed by atoms with Crippen molar-refractivity contribution in [1.29, 1.82) is 0 Å². The first-order valence-electron chi connectivity index (χ1n) is 3.75. The van der Waals surface area contributed by atoms with E-state index in [4.69, 9.17) is 8.42 Å². The Morgan fingerprint density at radius 2 is 1.56 bits per heavy atom. The van der Waals surface area contributed by atoms with Gasteiger partial charge in [0.2, 0.25) is 0 Å². The Morgan fingerprint density at radius 1 is 1.17 bits per heavy atom. The molecular weight excluding hydrogens is 290 g/mol. The molecule has 0 fully saturated rings. The molecule has 97 valence electrons. The van der Waals surface area contributed by atoms with E-state index in [9.17, 15) is 21.6 Å². The summed E-state index contributed by atoms with van der Waals surface area (Å²) in [5, 5.41) is 0. The van der Waals surface area contributed by atoms with Gasteiger partial charge in [-0.05, 0) is 18.2 Å². The molecule has 0 spiro atoms. The third-order valence-corrected chi connectivity index (χ3v) is 2.39. The van der Waals surface area contributed by atoms with Crippen molar-refractivity contribution in [2.45, 2.75) is 5.51 Å². The average molecular weight is 296 g/mol. The molecule has 1 rings (SSSR count). The molecule has 0 amide bonds. The molecule has 1 N–H and O–H groups in total. The molecule has 1 aromatic rings. The van der Waals surface area contributed by atoms with Crippen molar-refractivity contribution in [2.24, 2.45) is 0 Å². The number of sulfonamides is 1. The Morgan fingerprint density at radius 3 is 1.89 bits per heavy atom. The maximum atomic E-state index is 11.9. The maximum absolute atomic E-state index is 11.9. The zero-order chi connectivity index (χ0) is 13.5.